The normalized spacial score (nSPS) is 20.3. The average Bonchev–Trinajstić information content (AvgIpc) is 3.21. The van der Waals surface area contributed by atoms with Crippen molar-refractivity contribution in [2.75, 3.05) is 13.1 Å². The van der Waals surface area contributed by atoms with Crippen molar-refractivity contribution in [2.45, 2.75) is 50.8 Å². The molecule has 1 amide bonds. The second-order valence-corrected chi connectivity index (χ2v) is 11.1. The van der Waals surface area contributed by atoms with Crippen LogP contribution < -0.4 is 5.32 Å². The van der Waals surface area contributed by atoms with Crippen molar-refractivity contribution >= 4 is 27.5 Å². The van der Waals surface area contributed by atoms with Crippen LogP contribution in [0.1, 0.15) is 54.5 Å². The highest BCUT2D eigenvalue weighted by molar-refractivity contribution is 7.88. The van der Waals surface area contributed by atoms with Crippen molar-refractivity contribution in [3.63, 3.8) is 0 Å². The average molecular weight is 461 g/mol. The Morgan fingerprint density at radius 3 is 2.77 bits per heavy atom. The second-order valence-electron chi connectivity index (χ2n) is 8.70. The monoisotopic (exact) mass is 460 g/mol. The molecule has 0 bridgehead atoms. The van der Waals surface area contributed by atoms with Gasteiger partial charge >= 0.3 is 0 Å². The lowest BCUT2D eigenvalue weighted by molar-refractivity contribution is -0.126. The minimum absolute atomic E-state index is 0.0735. The molecule has 2 aromatic carbocycles. The molecular weight excluding hydrogens is 432 g/mol. The van der Waals surface area contributed by atoms with Gasteiger partial charge in [0.2, 0.25) is 15.9 Å². The third kappa shape index (κ3) is 5.30. The lowest BCUT2D eigenvalue weighted by Gasteiger charge is -2.32. The first-order valence-electron chi connectivity index (χ1n) is 11.0. The van der Waals surface area contributed by atoms with Gasteiger partial charge in [-0.1, -0.05) is 41.9 Å². The van der Waals surface area contributed by atoms with Gasteiger partial charge in [-0.2, -0.15) is 0 Å². The molecule has 1 N–H and O–H groups in total. The van der Waals surface area contributed by atoms with E-state index in [-0.39, 0.29) is 30.2 Å². The number of carbonyl (C=O) groups excluding carboxylic acids is 1. The summed E-state index contributed by atoms with van der Waals surface area (Å²) < 4.78 is 27.3. The number of benzene rings is 2. The van der Waals surface area contributed by atoms with Crippen molar-refractivity contribution in [1.82, 2.24) is 9.62 Å². The molecule has 1 fully saturated rings. The fourth-order valence-corrected chi connectivity index (χ4v) is 6.42. The van der Waals surface area contributed by atoms with Crippen LogP contribution in [0.3, 0.4) is 0 Å². The number of piperidine rings is 1. The molecular formula is C24H29ClN2O3S. The molecule has 2 aromatic rings. The molecule has 1 heterocycles. The molecule has 2 atom stereocenters. The topological polar surface area (TPSA) is 66.5 Å². The second kappa shape index (κ2) is 9.31. The Hall–Kier alpha value is -1.89. The summed E-state index contributed by atoms with van der Waals surface area (Å²) >= 11 is 5.99. The molecule has 166 valence electrons. The van der Waals surface area contributed by atoms with E-state index in [1.165, 1.54) is 21.9 Å². The summed E-state index contributed by atoms with van der Waals surface area (Å²) in [4.78, 5) is 12.9. The van der Waals surface area contributed by atoms with Crippen molar-refractivity contribution in [3.05, 3.63) is 69.7 Å². The molecule has 2 aliphatic rings. The molecule has 0 saturated carbocycles. The Kier molecular flexibility index (Phi) is 6.70. The minimum Gasteiger partial charge on any atom is -0.349 e. The lowest BCUT2D eigenvalue weighted by Crippen LogP contribution is -2.46. The number of halogens is 1. The maximum atomic E-state index is 12.9. The van der Waals surface area contributed by atoms with Crippen LogP contribution in [0.25, 0.3) is 0 Å². The highest BCUT2D eigenvalue weighted by Gasteiger charge is 2.33. The molecule has 1 aliphatic heterocycles. The van der Waals surface area contributed by atoms with Crippen LogP contribution in [0, 0.1) is 5.92 Å². The van der Waals surface area contributed by atoms with Gasteiger partial charge in [-0.3, -0.25) is 4.79 Å². The number of rotatable bonds is 6. The highest BCUT2D eigenvalue weighted by atomic mass is 35.5. The predicted molar refractivity (Wildman–Crippen MR) is 123 cm³/mol. The van der Waals surface area contributed by atoms with Gasteiger partial charge in [0.25, 0.3) is 0 Å². The highest BCUT2D eigenvalue weighted by Crippen LogP contribution is 2.27. The third-order valence-corrected chi connectivity index (χ3v) is 8.42. The van der Waals surface area contributed by atoms with Crippen LogP contribution in [0.4, 0.5) is 0 Å². The number of nitrogens with one attached hydrogen (secondary N) is 1. The smallest absolute Gasteiger partial charge is 0.224 e. The van der Waals surface area contributed by atoms with Gasteiger partial charge in [-0.15, -0.1) is 0 Å². The van der Waals surface area contributed by atoms with Crippen LogP contribution in [0.5, 0.6) is 0 Å². The minimum atomic E-state index is -3.51. The first-order valence-corrected chi connectivity index (χ1v) is 12.9. The molecule has 7 heteroatoms. The Morgan fingerprint density at radius 2 is 1.97 bits per heavy atom. The molecule has 1 saturated heterocycles. The van der Waals surface area contributed by atoms with Gasteiger partial charge in [0.15, 0.2) is 0 Å². The van der Waals surface area contributed by atoms with Crippen LogP contribution >= 0.6 is 11.6 Å². The van der Waals surface area contributed by atoms with Crippen LogP contribution in [-0.4, -0.2) is 31.7 Å². The summed E-state index contributed by atoms with van der Waals surface area (Å²) in [6.07, 6.45) is 4.82. The first-order chi connectivity index (χ1) is 14.8. The van der Waals surface area contributed by atoms with Gasteiger partial charge in [0.1, 0.15) is 0 Å². The number of aryl methyl sites for hydroxylation is 2. The number of nitrogens with zero attached hydrogens (tertiary/aromatic N) is 1. The van der Waals surface area contributed by atoms with Crippen molar-refractivity contribution < 1.29 is 13.2 Å². The van der Waals surface area contributed by atoms with Crippen LogP contribution in [0.2, 0.25) is 5.02 Å². The number of fused-ring (bicyclic) bond motifs is 1. The van der Waals surface area contributed by atoms with Crippen LogP contribution in [0.15, 0.2) is 42.5 Å². The molecule has 0 spiro atoms. The summed E-state index contributed by atoms with van der Waals surface area (Å²) in [5.74, 6) is -0.511. The third-order valence-electron chi connectivity index (χ3n) is 6.37. The largest absolute Gasteiger partial charge is 0.349 e. The SMILES string of the molecule is CC(NC(=O)C1CCCN(S(=O)(=O)Cc2cccc(Cl)c2)C1)c1ccc2c(c1)CCC2. The maximum Gasteiger partial charge on any atom is 0.224 e. The van der Waals surface area contributed by atoms with E-state index in [9.17, 15) is 13.2 Å². The molecule has 4 rings (SSSR count). The van der Waals surface area contributed by atoms with Crippen molar-refractivity contribution in [2.24, 2.45) is 5.92 Å². The summed E-state index contributed by atoms with van der Waals surface area (Å²) in [6, 6.07) is 13.3. The fraction of sp³-hybridized carbons (Fsp3) is 0.458. The number of sulfonamides is 1. The Morgan fingerprint density at radius 1 is 1.16 bits per heavy atom. The number of hydrogen-bond donors (Lipinski definition) is 1. The Balaban J connectivity index is 1.39. The summed E-state index contributed by atoms with van der Waals surface area (Å²) in [7, 11) is -3.51. The molecule has 1 aliphatic carbocycles. The van der Waals surface area contributed by atoms with Crippen LogP contribution in [-0.2, 0) is 33.4 Å². The van der Waals surface area contributed by atoms with E-state index in [1.807, 2.05) is 6.92 Å². The molecule has 0 aromatic heterocycles. The zero-order valence-electron chi connectivity index (χ0n) is 17.8. The number of amides is 1. The van der Waals surface area contributed by atoms with Gasteiger partial charge in [0.05, 0.1) is 17.7 Å². The lowest BCUT2D eigenvalue weighted by atomic mass is 9.97. The van der Waals surface area contributed by atoms with E-state index in [2.05, 4.69) is 23.5 Å². The Bertz CT molecular complexity index is 1070. The summed E-state index contributed by atoms with van der Waals surface area (Å²) in [5.41, 5.74) is 4.56. The van der Waals surface area contributed by atoms with Gasteiger partial charge in [-0.05, 0) is 73.4 Å². The first kappa shape index (κ1) is 22.3. The summed E-state index contributed by atoms with van der Waals surface area (Å²) in [6.45, 7) is 2.67. The van der Waals surface area contributed by atoms with E-state index in [4.69, 9.17) is 11.6 Å². The van der Waals surface area contributed by atoms with E-state index in [1.54, 1.807) is 24.3 Å². The zero-order chi connectivity index (χ0) is 22.0. The number of hydrogen-bond acceptors (Lipinski definition) is 3. The quantitative estimate of drug-likeness (QED) is 0.700. The molecule has 31 heavy (non-hydrogen) atoms. The Labute approximate surface area is 189 Å². The zero-order valence-corrected chi connectivity index (χ0v) is 19.4. The van der Waals surface area contributed by atoms with Gasteiger partial charge in [-0.25, -0.2) is 12.7 Å². The predicted octanol–water partition coefficient (Wildman–Crippen LogP) is 4.25. The van der Waals surface area contributed by atoms with E-state index in [0.717, 1.165) is 18.4 Å². The van der Waals surface area contributed by atoms with E-state index >= 15 is 0 Å². The number of carbonyl (C=O) groups is 1. The molecule has 2 unspecified atom stereocenters. The van der Waals surface area contributed by atoms with Gasteiger partial charge < -0.3 is 5.32 Å². The fourth-order valence-electron chi connectivity index (χ4n) is 4.61. The standard InChI is InChI=1S/C24H29ClN2O3S/c1-17(20-11-10-19-6-3-7-21(19)14-20)26-24(28)22-8-4-12-27(15-22)31(29,30)16-18-5-2-9-23(25)13-18/h2,5,9-11,13-14,17,22H,3-4,6-8,12,15-16H2,1H3,(H,26,28). The van der Waals surface area contributed by atoms with E-state index < -0.39 is 10.0 Å². The summed E-state index contributed by atoms with van der Waals surface area (Å²) in [5, 5.41) is 3.63. The maximum absolute atomic E-state index is 12.9. The van der Waals surface area contributed by atoms with E-state index in [0.29, 0.717) is 30.0 Å². The van der Waals surface area contributed by atoms with Crippen molar-refractivity contribution in [3.8, 4) is 0 Å². The molecule has 0 radical (unpaired) electrons. The van der Waals surface area contributed by atoms with Crippen molar-refractivity contribution in [1.29, 1.82) is 0 Å². The van der Waals surface area contributed by atoms with Gasteiger partial charge in [0, 0.05) is 18.1 Å². The molecule has 5 nitrogen and oxygen atoms in total.